The predicted molar refractivity (Wildman–Crippen MR) is 74.4 cm³/mol. The summed E-state index contributed by atoms with van der Waals surface area (Å²) in [5, 5.41) is 8.98. The summed E-state index contributed by atoms with van der Waals surface area (Å²) in [6.45, 7) is 5.23. The molecule has 0 N–H and O–H groups in total. The van der Waals surface area contributed by atoms with Crippen LogP contribution in [0.25, 0.3) is 0 Å². The van der Waals surface area contributed by atoms with Gasteiger partial charge >= 0.3 is 0 Å². The smallest absolute Gasteiger partial charge is 0.241 e. The third-order valence-corrected chi connectivity index (χ3v) is 4.76. The lowest BCUT2D eigenvalue weighted by molar-refractivity contribution is -0.142. The van der Waals surface area contributed by atoms with Crippen LogP contribution < -0.4 is 0 Å². The minimum Gasteiger partial charge on any atom is -0.333 e. The van der Waals surface area contributed by atoms with E-state index in [1.807, 2.05) is 7.05 Å². The maximum atomic E-state index is 12.9. The summed E-state index contributed by atoms with van der Waals surface area (Å²) in [4.78, 5) is 17.1. The average Bonchev–Trinajstić information content (AvgIpc) is 2.83. The fraction of sp³-hybridized carbons (Fsp3) is 0.867. The van der Waals surface area contributed by atoms with Gasteiger partial charge in [-0.05, 0) is 40.2 Å². The summed E-state index contributed by atoms with van der Waals surface area (Å²) >= 11 is 0. The van der Waals surface area contributed by atoms with E-state index in [0.717, 1.165) is 25.8 Å². The van der Waals surface area contributed by atoms with Crippen LogP contribution in [0.4, 0.5) is 0 Å². The lowest BCUT2D eigenvalue weighted by Crippen LogP contribution is -2.55. The van der Waals surface area contributed by atoms with Gasteiger partial charge in [0, 0.05) is 18.1 Å². The second-order valence-electron chi connectivity index (χ2n) is 6.57. The first-order chi connectivity index (χ1) is 8.97. The summed E-state index contributed by atoms with van der Waals surface area (Å²) in [5.74, 6) is 0.165. The molecule has 0 radical (unpaired) electrons. The van der Waals surface area contributed by atoms with E-state index in [9.17, 15) is 4.79 Å². The monoisotopic (exact) mass is 263 g/mol. The Morgan fingerprint density at radius 1 is 1.37 bits per heavy atom. The van der Waals surface area contributed by atoms with Gasteiger partial charge in [-0.2, -0.15) is 5.26 Å². The first-order valence-electron chi connectivity index (χ1n) is 7.38. The summed E-state index contributed by atoms with van der Waals surface area (Å²) in [5.41, 5.74) is -0.0927. The molecule has 1 atom stereocenters. The van der Waals surface area contributed by atoms with Gasteiger partial charge in [0.25, 0.3) is 0 Å². The zero-order valence-electron chi connectivity index (χ0n) is 12.4. The van der Waals surface area contributed by atoms with Gasteiger partial charge in [0.05, 0.1) is 12.5 Å². The molecule has 2 rings (SSSR count). The minimum absolute atomic E-state index is 0.0927. The molecule has 1 saturated carbocycles. The molecule has 1 aliphatic heterocycles. The summed E-state index contributed by atoms with van der Waals surface area (Å²) < 4.78 is 0. The van der Waals surface area contributed by atoms with Gasteiger partial charge in [-0.15, -0.1) is 0 Å². The number of nitriles is 1. The second-order valence-corrected chi connectivity index (χ2v) is 6.57. The van der Waals surface area contributed by atoms with E-state index in [4.69, 9.17) is 5.26 Å². The van der Waals surface area contributed by atoms with Crippen LogP contribution in [0, 0.1) is 11.3 Å². The number of carbonyl (C=O) groups excluding carboxylic acids is 1. The van der Waals surface area contributed by atoms with Crippen molar-refractivity contribution in [3.63, 3.8) is 0 Å². The standard InChI is InChI=1S/C15H25N3O/c1-15(2)9-11-17(3)13(8-10-16)14(19)18(15)12-6-4-5-7-12/h12-13H,4-9,11H2,1-3H3. The van der Waals surface area contributed by atoms with Gasteiger partial charge in [0.1, 0.15) is 6.04 Å². The Balaban J connectivity index is 2.29. The molecular formula is C15H25N3O. The van der Waals surface area contributed by atoms with E-state index in [1.54, 1.807) is 0 Å². The van der Waals surface area contributed by atoms with Gasteiger partial charge in [0.15, 0.2) is 0 Å². The van der Waals surface area contributed by atoms with Crippen LogP contribution >= 0.6 is 0 Å². The lowest BCUT2D eigenvalue weighted by atomic mass is 9.95. The predicted octanol–water partition coefficient (Wildman–Crippen LogP) is 2.15. The van der Waals surface area contributed by atoms with Crippen molar-refractivity contribution in [2.24, 2.45) is 0 Å². The Labute approximate surface area is 116 Å². The van der Waals surface area contributed by atoms with Crippen LogP contribution in [0.1, 0.15) is 52.4 Å². The third-order valence-electron chi connectivity index (χ3n) is 4.76. The first kappa shape index (κ1) is 14.3. The maximum Gasteiger partial charge on any atom is 0.241 e. The molecule has 0 aromatic heterocycles. The fourth-order valence-electron chi connectivity index (χ4n) is 3.54. The maximum absolute atomic E-state index is 12.9. The van der Waals surface area contributed by atoms with Crippen molar-refractivity contribution < 1.29 is 4.79 Å². The molecule has 0 aromatic rings. The normalized spacial score (nSPS) is 29.3. The van der Waals surface area contributed by atoms with E-state index >= 15 is 0 Å². The number of amides is 1. The van der Waals surface area contributed by atoms with Crippen molar-refractivity contribution in [3.05, 3.63) is 0 Å². The topological polar surface area (TPSA) is 47.3 Å². The number of likely N-dealkylation sites (N-methyl/N-ethyl adjacent to an activating group) is 1. The molecule has 19 heavy (non-hydrogen) atoms. The highest BCUT2D eigenvalue weighted by atomic mass is 16.2. The van der Waals surface area contributed by atoms with Gasteiger partial charge in [-0.3, -0.25) is 9.69 Å². The zero-order valence-corrected chi connectivity index (χ0v) is 12.4. The summed E-state index contributed by atoms with van der Waals surface area (Å²) in [7, 11) is 1.97. The fourth-order valence-corrected chi connectivity index (χ4v) is 3.54. The number of rotatable bonds is 2. The summed E-state index contributed by atoms with van der Waals surface area (Å²) in [6, 6.07) is 2.30. The van der Waals surface area contributed by atoms with Crippen LogP contribution in [0.15, 0.2) is 0 Å². The van der Waals surface area contributed by atoms with Gasteiger partial charge in [0.2, 0.25) is 5.91 Å². The van der Waals surface area contributed by atoms with Crippen molar-refractivity contribution >= 4 is 5.91 Å². The Morgan fingerprint density at radius 3 is 2.58 bits per heavy atom. The molecule has 2 aliphatic rings. The van der Waals surface area contributed by atoms with Crippen LogP contribution in [-0.4, -0.2) is 46.9 Å². The van der Waals surface area contributed by atoms with Gasteiger partial charge in [-0.25, -0.2) is 0 Å². The molecule has 2 fully saturated rings. The van der Waals surface area contributed by atoms with E-state index < -0.39 is 0 Å². The number of carbonyl (C=O) groups is 1. The molecule has 4 heteroatoms. The van der Waals surface area contributed by atoms with Crippen LogP contribution in [0.5, 0.6) is 0 Å². The molecule has 106 valence electrons. The lowest BCUT2D eigenvalue weighted by Gasteiger charge is -2.42. The average molecular weight is 263 g/mol. The number of hydrogen-bond acceptors (Lipinski definition) is 3. The molecule has 0 aromatic carbocycles. The van der Waals surface area contributed by atoms with Crippen LogP contribution in [-0.2, 0) is 4.79 Å². The molecule has 1 saturated heterocycles. The molecule has 4 nitrogen and oxygen atoms in total. The molecule has 1 aliphatic carbocycles. The molecule has 0 bridgehead atoms. The molecule has 1 heterocycles. The van der Waals surface area contributed by atoms with Crippen molar-refractivity contribution in [1.82, 2.24) is 9.80 Å². The highest BCUT2D eigenvalue weighted by Gasteiger charge is 2.43. The Bertz CT molecular complexity index is 379. The van der Waals surface area contributed by atoms with E-state index in [1.165, 1.54) is 12.8 Å². The Morgan fingerprint density at radius 2 is 2.00 bits per heavy atom. The highest BCUT2D eigenvalue weighted by molar-refractivity contribution is 5.83. The van der Waals surface area contributed by atoms with E-state index in [2.05, 4.69) is 29.7 Å². The largest absolute Gasteiger partial charge is 0.333 e. The highest BCUT2D eigenvalue weighted by Crippen LogP contribution is 2.34. The Kier molecular flexibility index (Phi) is 4.15. The quantitative estimate of drug-likeness (QED) is 0.767. The molecular weight excluding hydrogens is 238 g/mol. The van der Waals surface area contributed by atoms with Crippen molar-refractivity contribution in [1.29, 1.82) is 5.26 Å². The van der Waals surface area contributed by atoms with Crippen molar-refractivity contribution in [2.75, 3.05) is 13.6 Å². The first-order valence-corrected chi connectivity index (χ1v) is 7.38. The van der Waals surface area contributed by atoms with Gasteiger partial charge < -0.3 is 4.90 Å². The molecule has 1 unspecified atom stereocenters. The number of hydrogen-bond donors (Lipinski definition) is 0. The molecule has 0 spiro atoms. The minimum atomic E-state index is -0.257. The van der Waals surface area contributed by atoms with Gasteiger partial charge in [-0.1, -0.05) is 12.8 Å². The van der Waals surface area contributed by atoms with Crippen molar-refractivity contribution in [3.8, 4) is 6.07 Å². The zero-order chi connectivity index (χ0) is 14.0. The van der Waals surface area contributed by atoms with E-state index in [-0.39, 0.29) is 17.5 Å². The molecule has 1 amide bonds. The SMILES string of the molecule is CN1CCC(C)(C)N(C2CCCC2)C(=O)C1CC#N. The van der Waals surface area contributed by atoms with Crippen molar-refractivity contribution in [2.45, 2.75) is 70.0 Å². The Hall–Kier alpha value is -1.08. The third kappa shape index (κ3) is 2.76. The van der Waals surface area contributed by atoms with E-state index in [0.29, 0.717) is 12.5 Å². The summed E-state index contributed by atoms with van der Waals surface area (Å²) in [6.07, 6.45) is 5.98. The number of nitrogens with zero attached hydrogens (tertiary/aromatic N) is 3. The van der Waals surface area contributed by atoms with Crippen LogP contribution in [0.3, 0.4) is 0 Å². The van der Waals surface area contributed by atoms with Crippen LogP contribution in [0.2, 0.25) is 0 Å². The second kappa shape index (κ2) is 5.50.